The van der Waals surface area contributed by atoms with Gasteiger partial charge in [-0.1, -0.05) is 32.4 Å². The summed E-state index contributed by atoms with van der Waals surface area (Å²) in [6.45, 7) is 9.25. The van der Waals surface area contributed by atoms with Gasteiger partial charge in [0.2, 0.25) is 5.91 Å². The van der Waals surface area contributed by atoms with Gasteiger partial charge in [0, 0.05) is 12.6 Å². The summed E-state index contributed by atoms with van der Waals surface area (Å²) in [5.41, 5.74) is 2.10. The van der Waals surface area contributed by atoms with Crippen molar-refractivity contribution in [1.29, 1.82) is 0 Å². The molecular formula is C21H29N7O. The van der Waals surface area contributed by atoms with Gasteiger partial charge >= 0.3 is 0 Å². The van der Waals surface area contributed by atoms with Crippen molar-refractivity contribution in [1.82, 2.24) is 34.7 Å². The Balaban J connectivity index is 1.74. The highest BCUT2D eigenvalue weighted by atomic mass is 16.2. The monoisotopic (exact) mass is 395 g/mol. The van der Waals surface area contributed by atoms with Gasteiger partial charge in [0.25, 0.3) is 0 Å². The van der Waals surface area contributed by atoms with E-state index in [1.165, 1.54) is 0 Å². The number of aromatic nitrogens is 6. The highest BCUT2D eigenvalue weighted by Gasteiger charge is 2.39. The van der Waals surface area contributed by atoms with Crippen molar-refractivity contribution in [3.8, 4) is 0 Å². The molecule has 1 saturated heterocycles. The van der Waals surface area contributed by atoms with E-state index >= 15 is 0 Å². The Hall–Kier alpha value is -2.77. The Morgan fingerprint density at radius 1 is 1.24 bits per heavy atom. The van der Waals surface area contributed by atoms with E-state index in [0.717, 1.165) is 42.7 Å². The molecule has 2 aromatic heterocycles. The molecule has 3 aromatic rings. The van der Waals surface area contributed by atoms with Gasteiger partial charge in [0.05, 0.1) is 17.1 Å². The van der Waals surface area contributed by atoms with Crippen molar-refractivity contribution >= 4 is 16.9 Å². The van der Waals surface area contributed by atoms with E-state index in [1.807, 2.05) is 23.1 Å². The molecule has 3 atom stereocenters. The number of para-hydroxylation sites is 2. The number of benzene rings is 1. The summed E-state index contributed by atoms with van der Waals surface area (Å²) >= 11 is 0. The van der Waals surface area contributed by atoms with Crippen molar-refractivity contribution in [2.24, 2.45) is 5.92 Å². The van der Waals surface area contributed by atoms with Crippen LogP contribution in [0.4, 0.5) is 0 Å². The summed E-state index contributed by atoms with van der Waals surface area (Å²) in [5, 5.41) is 11.6. The molecule has 1 fully saturated rings. The van der Waals surface area contributed by atoms with E-state index in [2.05, 4.69) is 53.9 Å². The molecule has 1 aliphatic heterocycles. The maximum absolute atomic E-state index is 13.7. The van der Waals surface area contributed by atoms with Crippen LogP contribution in [-0.2, 0) is 4.79 Å². The minimum atomic E-state index is -0.396. The van der Waals surface area contributed by atoms with Crippen LogP contribution in [0.2, 0.25) is 0 Å². The number of carbonyl (C=O) groups is 1. The van der Waals surface area contributed by atoms with Crippen LogP contribution in [0.15, 0.2) is 30.6 Å². The zero-order valence-corrected chi connectivity index (χ0v) is 17.6. The van der Waals surface area contributed by atoms with Crippen LogP contribution in [0.5, 0.6) is 0 Å². The Morgan fingerprint density at radius 3 is 2.72 bits per heavy atom. The van der Waals surface area contributed by atoms with Crippen LogP contribution < -0.4 is 0 Å². The maximum atomic E-state index is 13.7. The van der Waals surface area contributed by atoms with E-state index in [1.54, 1.807) is 11.0 Å². The first-order chi connectivity index (χ1) is 14.0. The van der Waals surface area contributed by atoms with Crippen LogP contribution in [0.3, 0.4) is 0 Å². The Bertz CT molecular complexity index is 978. The molecule has 1 aliphatic rings. The summed E-state index contributed by atoms with van der Waals surface area (Å²) in [6, 6.07) is 8.05. The van der Waals surface area contributed by atoms with Crippen molar-refractivity contribution in [3.63, 3.8) is 0 Å². The largest absolute Gasteiger partial charge is 0.331 e. The molecule has 8 nitrogen and oxygen atoms in total. The van der Waals surface area contributed by atoms with E-state index in [-0.39, 0.29) is 23.9 Å². The van der Waals surface area contributed by atoms with Gasteiger partial charge in [-0.3, -0.25) is 4.79 Å². The van der Waals surface area contributed by atoms with Gasteiger partial charge in [-0.2, -0.15) is 0 Å². The predicted octanol–water partition coefficient (Wildman–Crippen LogP) is 3.55. The molecule has 1 aromatic carbocycles. The summed E-state index contributed by atoms with van der Waals surface area (Å²) in [7, 11) is 0. The zero-order valence-electron chi connectivity index (χ0n) is 17.6. The van der Waals surface area contributed by atoms with Gasteiger partial charge in [0.15, 0.2) is 0 Å². The normalized spacial score (nSPS) is 19.2. The standard InChI is InChI=1S/C21H29N7O/c1-5-15(4)19(27-13-22-24-25-27)21(29)26-12-8-11-18(26)20-23-16-9-6-7-10-17(16)28(20)14(2)3/h6-7,9-10,13-15,18-19H,5,8,11-12H2,1-4H3/t15-,18-,19-/m0/s1. The molecular weight excluding hydrogens is 366 g/mol. The Kier molecular flexibility index (Phi) is 5.34. The topological polar surface area (TPSA) is 81.7 Å². The van der Waals surface area contributed by atoms with Crippen molar-refractivity contribution in [2.75, 3.05) is 6.54 Å². The van der Waals surface area contributed by atoms with Crippen molar-refractivity contribution in [3.05, 3.63) is 36.4 Å². The fourth-order valence-electron chi connectivity index (χ4n) is 4.45. The average Bonchev–Trinajstić information content (AvgIpc) is 3.45. The summed E-state index contributed by atoms with van der Waals surface area (Å²) < 4.78 is 3.89. The minimum absolute atomic E-state index is 0.0275. The van der Waals surface area contributed by atoms with E-state index in [9.17, 15) is 4.79 Å². The zero-order chi connectivity index (χ0) is 20.5. The number of nitrogens with zero attached hydrogens (tertiary/aromatic N) is 7. The van der Waals surface area contributed by atoms with E-state index in [0.29, 0.717) is 0 Å². The van der Waals surface area contributed by atoms with Gasteiger partial charge in [-0.25, -0.2) is 9.67 Å². The second-order valence-corrected chi connectivity index (χ2v) is 8.23. The Morgan fingerprint density at radius 2 is 2.03 bits per heavy atom. The first-order valence-corrected chi connectivity index (χ1v) is 10.5. The van der Waals surface area contributed by atoms with Crippen LogP contribution in [0, 0.1) is 5.92 Å². The second-order valence-electron chi connectivity index (χ2n) is 8.23. The molecule has 0 spiro atoms. The molecule has 0 unspecified atom stereocenters. The molecule has 8 heteroatoms. The lowest BCUT2D eigenvalue weighted by Crippen LogP contribution is -2.40. The number of amides is 1. The molecule has 154 valence electrons. The molecule has 4 rings (SSSR count). The van der Waals surface area contributed by atoms with Gasteiger partial charge < -0.3 is 9.47 Å². The number of likely N-dealkylation sites (tertiary alicyclic amines) is 1. The lowest BCUT2D eigenvalue weighted by molar-refractivity contribution is -0.138. The Labute approximate surface area is 170 Å². The van der Waals surface area contributed by atoms with Crippen LogP contribution >= 0.6 is 0 Å². The molecule has 29 heavy (non-hydrogen) atoms. The van der Waals surface area contributed by atoms with Gasteiger partial charge in [-0.15, -0.1) is 5.10 Å². The van der Waals surface area contributed by atoms with E-state index in [4.69, 9.17) is 4.98 Å². The third-order valence-corrected chi connectivity index (χ3v) is 6.06. The van der Waals surface area contributed by atoms with E-state index < -0.39 is 6.04 Å². The number of carbonyl (C=O) groups excluding carboxylic acids is 1. The van der Waals surface area contributed by atoms with Gasteiger partial charge in [0.1, 0.15) is 18.2 Å². The molecule has 0 radical (unpaired) electrons. The predicted molar refractivity (Wildman–Crippen MR) is 110 cm³/mol. The number of imidazole rings is 1. The molecule has 3 heterocycles. The number of tetrazole rings is 1. The molecule has 0 aliphatic carbocycles. The van der Waals surface area contributed by atoms with Crippen LogP contribution in [-0.4, -0.2) is 47.1 Å². The number of hydrogen-bond acceptors (Lipinski definition) is 5. The van der Waals surface area contributed by atoms with Crippen LogP contribution in [0.25, 0.3) is 11.0 Å². The quantitative estimate of drug-likeness (QED) is 0.637. The highest BCUT2D eigenvalue weighted by molar-refractivity contribution is 5.82. The fourth-order valence-corrected chi connectivity index (χ4v) is 4.45. The molecule has 0 N–H and O–H groups in total. The lowest BCUT2D eigenvalue weighted by atomic mass is 9.97. The summed E-state index contributed by atoms with van der Waals surface area (Å²) in [4.78, 5) is 20.7. The second kappa shape index (κ2) is 7.93. The van der Waals surface area contributed by atoms with Crippen molar-refractivity contribution < 1.29 is 4.79 Å². The fraction of sp³-hybridized carbons (Fsp3) is 0.571. The highest BCUT2D eigenvalue weighted by Crippen LogP contribution is 2.37. The molecule has 0 saturated carbocycles. The third kappa shape index (κ3) is 3.41. The number of rotatable bonds is 6. The maximum Gasteiger partial charge on any atom is 0.248 e. The number of fused-ring (bicyclic) bond motifs is 1. The summed E-state index contributed by atoms with van der Waals surface area (Å²) in [6.07, 6.45) is 4.31. The van der Waals surface area contributed by atoms with Crippen molar-refractivity contribution in [2.45, 2.75) is 65.1 Å². The number of hydrogen-bond donors (Lipinski definition) is 0. The minimum Gasteiger partial charge on any atom is -0.331 e. The molecule has 0 bridgehead atoms. The molecule has 1 amide bonds. The first kappa shape index (κ1) is 19.5. The third-order valence-electron chi connectivity index (χ3n) is 6.06. The smallest absolute Gasteiger partial charge is 0.248 e. The average molecular weight is 396 g/mol. The lowest BCUT2D eigenvalue weighted by Gasteiger charge is -2.31. The van der Waals surface area contributed by atoms with Gasteiger partial charge in [-0.05, 0) is 55.2 Å². The van der Waals surface area contributed by atoms with Crippen LogP contribution in [0.1, 0.15) is 70.9 Å². The SMILES string of the molecule is CC[C@H](C)[C@@H](C(=O)N1CCC[C@H]1c1nc2ccccc2n1C(C)C)n1cnnn1. The summed E-state index contributed by atoms with van der Waals surface area (Å²) in [5.74, 6) is 1.19. The first-order valence-electron chi connectivity index (χ1n) is 10.5.